The molecule has 1 atom stereocenters. The van der Waals surface area contributed by atoms with Gasteiger partial charge < -0.3 is 15.2 Å². The average Bonchev–Trinajstić information content (AvgIpc) is 2.33. The Kier molecular flexibility index (Phi) is 6.94. The molecule has 102 valence electrons. The number of aliphatic hydroxyl groups excluding tert-OH is 1. The van der Waals surface area contributed by atoms with Crippen LogP contribution in [0.15, 0.2) is 18.2 Å². The number of hydrogen-bond acceptors (Lipinski definition) is 3. The second kappa shape index (κ2) is 8.25. The molecule has 2 N–H and O–H groups in total. The van der Waals surface area contributed by atoms with Crippen LogP contribution in [0.25, 0.3) is 0 Å². The van der Waals surface area contributed by atoms with Gasteiger partial charge in [-0.1, -0.05) is 23.8 Å². The summed E-state index contributed by atoms with van der Waals surface area (Å²) in [5.74, 6) is 0. The first-order valence-corrected chi connectivity index (χ1v) is 6.64. The molecule has 0 radical (unpaired) electrons. The van der Waals surface area contributed by atoms with Gasteiger partial charge in [0, 0.05) is 12.6 Å². The van der Waals surface area contributed by atoms with Crippen molar-refractivity contribution in [2.75, 3.05) is 26.4 Å². The fraction of sp³-hybridized carbons (Fsp3) is 0.600. The van der Waals surface area contributed by atoms with Crippen LogP contribution in [0.4, 0.5) is 0 Å². The first-order valence-electron chi connectivity index (χ1n) is 6.64. The Morgan fingerprint density at radius 3 is 2.72 bits per heavy atom. The first-order chi connectivity index (χ1) is 8.65. The van der Waals surface area contributed by atoms with Gasteiger partial charge in [0.15, 0.2) is 0 Å². The van der Waals surface area contributed by atoms with E-state index in [0.29, 0.717) is 19.3 Å². The topological polar surface area (TPSA) is 41.5 Å². The third kappa shape index (κ3) is 5.17. The van der Waals surface area contributed by atoms with E-state index in [-0.39, 0.29) is 6.61 Å². The lowest BCUT2D eigenvalue weighted by molar-refractivity contribution is 0.0904. The van der Waals surface area contributed by atoms with Crippen molar-refractivity contribution in [2.45, 2.75) is 33.2 Å². The first kappa shape index (κ1) is 15.2. The molecule has 0 aliphatic heterocycles. The van der Waals surface area contributed by atoms with E-state index in [1.165, 1.54) is 16.7 Å². The quantitative estimate of drug-likeness (QED) is 0.697. The maximum atomic E-state index is 8.57. The number of ether oxygens (including phenoxy) is 1. The predicted molar refractivity (Wildman–Crippen MR) is 74.9 cm³/mol. The van der Waals surface area contributed by atoms with E-state index in [0.717, 1.165) is 13.0 Å². The predicted octanol–water partition coefficient (Wildman–Crippen LogP) is 2.35. The van der Waals surface area contributed by atoms with Crippen LogP contribution < -0.4 is 5.32 Å². The molecule has 0 saturated carbocycles. The summed E-state index contributed by atoms with van der Waals surface area (Å²) in [7, 11) is 0. The minimum absolute atomic E-state index is 0.104. The van der Waals surface area contributed by atoms with Crippen LogP contribution in [-0.2, 0) is 4.74 Å². The van der Waals surface area contributed by atoms with Crippen molar-refractivity contribution < 1.29 is 9.84 Å². The highest BCUT2D eigenvalue weighted by Gasteiger charge is 2.07. The zero-order valence-corrected chi connectivity index (χ0v) is 11.7. The minimum atomic E-state index is 0.104. The maximum absolute atomic E-state index is 8.57. The standard InChI is InChI=1S/C15H25NO2/c1-12-5-6-15(13(2)11-12)14(3)16-7-4-9-18-10-8-17/h5-6,11,14,16-17H,4,7-10H2,1-3H3. The summed E-state index contributed by atoms with van der Waals surface area (Å²) in [6.45, 7) is 8.64. The van der Waals surface area contributed by atoms with Crippen LogP contribution in [0.1, 0.15) is 36.1 Å². The average molecular weight is 251 g/mol. The summed E-state index contributed by atoms with van der Waals surface area (Å²) in [6, 6.07) is 6.94. The molecule has 3 nitrogen and oxygen atoms in total. The minimum Gasteiger partial charge on any atom is -0.394 e. The lowest BCUT2D eigenvalue weighted by atomic mass is 10.0. The maximum Gasteiger partial charge on any atom is 0.0697 e. The highest BCUT2D eigenvalue weighted by atomic mass is 16.5. The Morgan fingerprint density at radius 1 is 1.28 bits per heavy atom. The number of aryl methyl sites for hydroxylation is 2. The monoisotopic (exact) mass is 251 g/mol. The summed E-state index contributed by atoms with van der Waals surface area (Å²) in [6.07, 6.45) is 0.968. The Balaban J connectivity index is 2.29. The van der Waals surface area contributed by atoms with E-state index in [9.17, 15) is 0 Å². The molecule has 1 aromatic rings. The third-order valence-electron chi connectivity index (χ3n) is 3.04. The van der Waals surface area contributed by atoms with Crippen LogP contribution in [-0.4, -0.2) is 31.5 Å². The molecule has 0 saturated heterocycles. The summed E-state index contributed by atoms with van der Waals surface area (Å²) < 4.78 is 5.22. The summed E-state index contributed by atoms with van der Waals surface area (Å²) in [5.41, 5.74) is 4.00. The van der Waals surface area contributed by atoms with Crippen LogP contribution >= 0.6 is 0 Å². The fourth-order valence-corrected chi connectivity index (χ4v) is 2.08. The molecule has 1 rings (SSSR count). The van der Waals surface area contributed by atoms with Crippen molar-refractivity contribution in [1.29, 1.82) is 0 Å². The second-order valence-electron chi connectivity index (χ2n) is 4.73. The van der Waals surface area contributed by atoms with E-state index >= 15 is 0 Å². The zero-order chi connectivity index (χ0) is 13.4. The van der Waals surface area contributed by atoms with E-state index < -0.39 is 0 Å². The molecule has 0 aliphatic carbocycles. The summed E-state index contributed by atoms with van der Waals surface area (Å²) in [5, 5.41) is 12.1. The molecule has 1 unspecified atom stereocenters. The molecule has 0 fully saturated rings. The highest BCUT2D eigenvalue weighted by molar-refractivity contribution is 5.32. The van der Waals surface area contributed by atoms with Crippen molar-refractivity contribution in [3.8, 4) is 0 Å². The molecule has 3 heteroatoms. The second-order valence-corrected chi connectivity index (χ2v) is 4.73. The van der Waals surface area contributed by atoms with Crippen molar-refractivity contribution >= 4 is 0 Å². The van der Waals surface area contributed by atoms with Crippen LogP contribution in [0.5, 0.6) is 0 Å². The molecule has 0 heterocycles. The number of nitrogens with one attached hydrogen (secondary N) is 1. The van der Waals surface area contributed by atoms with Crippen molar-refractivity contribution in [3.63, 3.8) is 0 Å². The van der Waals surface area contributed by atoms with Crippen molar-refractivity contribution in [2.24, 2.45) is 0 Å². The number of aliphatic hydroxyl groups is 1. The molecular weight excluding hydrogens is 226 g/mol. The van der Waals surface area contributed by atoms with Crippen molar-refractivity contribution in [1.82, 2.24) is 5.32 Å². The molecule has 0 amide bonds. The summed E-state index contributed by atoms with van der Waals surface area (Å²) >= 11 is 0. The zero-order valence-electron chi connectivity index (χ0n) is 11.7. The number of benzene rings is 1. The Bertz CT molecular complexity index is 352. The summed E-state index contributed by atoms with van der Waals surface area (Å²) in [4.78, 5) is 0. The Hall–Kier alpha value is -0.900. The number of rotatable bonds is 8. The SMILES string of the molecule is Cc1ccc(C(C)NCCCOCCO)c(C)c1. The molecule has 0 aliphatic rings. The Morgan fingerprint density at radius 2 is 2.06 bits per heavy atom. The van der Waals surface area contributed by atoms with E-state index in [4.69, 9.17) is 9.84 Å². The normalized spacial score (nSPS) is 12.7. The van der Waals surface area contributed by atoms with E-state index in [1.54, 1.807) is 0 Å². The molecule has 1 aromatic carbocycles. The van der Waals surface area contributed by atoms with Crippen molar-refractivity contribution in [3.05, 3.63) is 34.9 Å². The molecule has 18 heavy (non-hydrogen) atoms. The van der Waals surface area contributed by atoms with E-state index in [1.807, 2.05) is 0 Å². The van der Waals surface area contributed by atoms with Gasteiger partial charge in [0.05, 0.1) is 13.2 Å². The Labute approximate surface area is 110 Å². The molecule has 0 spiro atoms. The van der Waals surface area contributed by atoms with Gasteiger partial charge in [-0.05, 0) is 44.9 Å². The molecular formula is C15H25NO2. The lowest BCUT2D eigenvalue weighted by Crippen LogP contribution is -2.21. The highest BCUT2D eigenvalue weighted by Crippen LogP contribution is 2.18. The lowest BCUT2D eigenvalue weighted by Gasteiger charge is -2.17. The van der Waals surface area contributed by atoms with Gasteiger partial charge in [-0.2, -0.15) is 0 Å². The third-order valence-corrected chi connectivity index (χ3v) is 3.04. The van der Waals surface area contributed by atoms with Gasteiger partial charge in [0.2, 0.25) is 0 Å². The van der Waals surface area contributed by atoms with Gasteiger partial charge >= 0.3 is 0 Å². The molecule has 0 aromatic heterocycles. The van der Waals surface area contributed by atoms with Crippen LogP contribution in [0, 0.1) is 13.8 Å². The molecule has 0 bridgehead atoms. The van der Waals surface area contributed by atoms with Crippen LogP contribution in [0.3, 0.4) is 0 Å². The van der Waals surface area contributed by atoms with Gasteiger partial charge in [-0.3, -0.25) is 0 Å². The van der Waals surface area contributed by atoms with Gasteiger partial charge in [0.25, 0.3) is 0 Å². The van der Waals surface area contributed by atoms with Gasteiger partial charge in [-0.25, -0.2) is 0 Å². The largest absolute Gasteiger partial charge is 0.394 e. The smallest absolute Gasteiger partial charge is 0.0697 e. The fourth-order valence-electron chi connectivity index (χ4n) is 2.08. The van der Waals surface area contributed by atoms with E-state index in [2.05, 4.69) is 44.3 Å². The van der Waals surface area contributed by atoms with Gasteiger partial charge in [0.1, 0.15) is 0 Å². The van der Waals surface area contributed by atoms with Gasteiger partial charge in [-0.15, -0.1) is 0 Å². The number of hydrogen-bond donors (Lipinski definition) is 2. The van der Waals surface area contributed by atoms with Crippen LogP contribution in [0.2, 0.25) is 0 Å².